The molecule has 0 amide bonds. The van der Waals surface area contributed by atoms with Crippen molar-refractivity contribution in [1.29, 1.82) is 0 Å². The van der Waals surface area contributed by atoms with Crippen molar-refractivity contribution >= 4 is 24.0 Å². The van der Waals surface area contributed by atoms with Gasteiger partial charge in [0.25, 0.3) is 0 Å². The van der Waals surface area contributed by atoms with E-state index in [1.54, 1.807) is 6.07 Å². The first kappa shape index (κ1) is 15.7. The Hall–Kier alpha value is -0.350. The van der Waals surface area contributed by atoms with E-state index < -0.39 is 18.0 Å². The van der Waals surface area contributed by atoms with E-state index in [1.165, 1.54) is 12.1 Å². The van der Waals surface area contributed by atoms with Gasteiger partial charge in [-0.1, -0.05) is 31.0 Å². The number of hydrogen-bond acceptors (Lipinski definition) is 2. The number of rotatable bonds is 4. The standard InChI is InChI=1S/C11H15ClFNO.ClH/c1-2-4-9(15)11(14)10-7(12)5-3-6-8(10)13;/h3,5-6,9,11,15H,2,4,14H2,1H3;1H/t9-,11-;/m0./s1. The Bertz CT molecular complexity index is 316. The zero-order chi connectivity index (χ0) is 11.4. The van der Waals surface area contributed by atoms with E-state index in [2.05, 4.69) is 0 Å². The van der Waals surface area contributed by atoms with Crippen LogP contribution in [0.2, 0.25) is 5.02 Å². The highest BCUT2D eigenvalue weighted by molar-refractivity contribution is 6.31. The van der Waals surface area contributed by atoms with Gasteiger partial charge in [0.2, 0.25) is 0 Å². The van der Waals surface area contributed by atoms with Gasteiger partial charge in [0.05, 0.1) is 12.1 Å². The second kappa shape index (κ2) is 7.07. The molecule has 0 unspecified atom stereocenters. The second-order valence-electron chi connectivity index (χ2n) is 3.52. The molecular weight excluding hydrogens is 252 g/mol. The molecular formula is C11H16Cl2FNO. The van der Waals surface area contributed by atoms with Gasteiger partial charge in [-0.2, -0.15) is 0 Å². The summed E-state index contributed by atoms with van der Waals surface area (Å²) >= 11 is 5.84. The lowest BCUT2D eigenvalue weighted by molar-refractivity contribution is 0.133. The Morgan fingerprint density at radius 2 is 2.12 bits per heavy atom. The molecule has 16 heavy (non-hydrogen) atoms. The van der Waals surface area contributed by atoms with Gasteiger partial charge in [0.15, 0.2) is 0 Å². The van der Waals surface area contributed by atoms with Gasteiger partial charge in [0.1, 0.15) is 5.82 Å². The van der Waals surface area contributed by atoms with Crippen LogP contribution >= 0.6 is 24.0 Å². The monoisotopic (exact) mass is 267 g/mol. The number of aliphatic hydroxyl groups is 1. The zero-order valence-electron chi connectivity index (χ0n) is 8.99. The fourth-order valence-corrected chi connectivity index (χ4v) is 1.79. The Kier molecular flexibility index (Phi) is 6.91. The normalized spacial score (nSPS) is 14.1. The van der Waals surface area contributed by atoms with Crippen molar-refractivity contribution in [2.75, 3.05) is 0 Å². The fraction of sp³-hybridized carbons (Fsp3) is 0.455. The highest BCUT2D eigenvalue weighted by Crippen LogP contribution is 2.27. The van der Waals surface area contributed by atoms with Crippen molar-refractivity contribution in [3.05, 3.63) is 34.6 Å². The summed E-state index contributed by atoms with van der Waals surface area (Å²) in [4.78, 5) is 0. The third kappa shape index (κ3) is 3.59. The maximum absolute atomic E-state index is 13.4. The molecule has 0 saturated carbocycles. The molecule has 5 heteroatoms. The van der Waals surface area contributed by atoms with Gasteiger partial charge in [0, 0.05) is 10.6 Å². The lowest BCUT2D eigenvalue weighted by Gasteiger charge is -2.20. The summed E-state index contributed by atoms with van der Waals surface area (Å²) in [5, 5.41) is 9.93. The van der Waals surface area contributed by atoms with Gasteiger partial charge in [-0.25, -0.2) is 4.39 Å². The molecule has 0 radical (unpaired) electrons. The van der Waals surface area contributed by atoms with Crippen LogP contribution in [-0.2, 0) is 0 Å². The third-order valence-corrected chi connectivity index (χ3v) is 2.66. The lowest BCUT2D eigenvalue weighted by Crippen LogP contribution is -2.27. The van der Waals surface area contributed by atoms with Crippen LogP contribution < -0.4 is 5.73 Å². The summed E-state index contributed by atoms with van der Waals surface area (Å²) in [6.45, 7) is 1.93. The van der Waals surface area contributed by atoms with Gasteiger partial charge in [-0.05, 0) is 18.6 Å². The second-order valence-corrected chi connectivity index (χ2v) is 3.92. The summed E-state index contributed by atoms with van der Waals surface area (Å²) in [5.74, 6) is -0.467. The molecule has 2 atom stereocenters. The molecule has 0 aliphatic heterocycles. The van der Waals surface area contributed by atoms with E-state index in [0.717, 1.165) is 6.42 Å². The number of hydrogen-bond donors (Lipinski definition) is 2. The van der Waals surface area contributed by atoms with Crippen LogP contribution in [0.25, 0.3) is 0 Å². The first-order valence-corrected chi connectivity index (χ1v) is 5.33. The van der Waals surface area contributed by atoms with Crippen molar-refractivity contribution in [3.63, 3.8) is 0 Å². The van der Waals surface area contributed by atoms with Gasteiger partial charge in [-0.3, -0.25) is 0 Å². The molecule has 3 N–H and O–H groups in total. The van der Waals surface area contributed by atoms with E-state index in [1.807, 2.05) is 6.92 Å². The Labute approximate surface area is 106 Å². The smallest absolute Gasteiger partial charge is 0.129 e. The molecule has 0 aliphatic rings. The third-order valence-electron chi connectivity index (χ3n) is 2.33. The molecule has 0 heterocycles. The molecule has 0 fully saturated rings. The molecule has 1 rings (SSSR count). The van der Waals surface area contributed by atoms with Crippen molar-refractivity contribution in [1.82, 2.24) is 0 Å². The highest BCUT2D eigenvalue weighted by atomic mass is 35.5. The SMILES string of the molecule is CCC[C@H](O)[C@H](N)c1c(F)cccc1Cl.Cl. The topological polar surface area (TPSA) is 46.2 Å². The molecule has 0 spiro atoms. The van der Waals surface area contributed by atoms with Crippen LogP contribution in [0, 0.1) is 5.82 Å². The lowest BCUT2D eigenvalue weighted by atomic mass is 9.99. The largest absolute Gasteiger partial charge is 0.391 e. The van der Waals surface area contributed by atoms with Crippen LogP contribution in [-0.4, -0.2) is 11.2 Å². The average Bonchev–Trinajstić information content (AvgIpc) is 2.17. The van der Waals surface area contributed by atoms with Gasteiger partial charge in [-0.15, -0.1) is 12.4 Å². The van der Waals surface area contributed by atoms with Crippen molar-refractivity contribution in [3.8, 4) is 0 Å². The number of nitrogens with two attached hydrogens (primary N) is 1. The van der Waals surface area contributed by atoms with E-state index in [9.17, 15) is 9.50 Å². The van der Waals surface area contributed by atoms with E-state index >= 15 is 0 Å². The van der Waals surface area contributed by atoms with E-state index in [-0.39, 0.29) is 23.0 Å². The van der Waals surface area contributed by atoms with Crippen LogP contribution in [0.4, 0.5) is 4.39 Å². The molecule has 0 saturated heterocycles. The predicted molar refractivity (Wildman–Crippen MR) is 66.5 cm³/mol. The number of halogens is 3. The number of benzene rings is 1. The number of aliphatic hydroxyl groups excluding tert-OH is 1. The Balaban J connectivity index is 0.00000225. The summed E-state index contributed by atoms with van der Waals surface area (Å²) in [5.41, 5.74) is 5.95. The van der Waals surface area contributed by atoms with Gasteiger partial charge < -0.3 is 10.8 Å². The molecule has 2 nitrogen and oxygen atoms in total. The maximum atomic E-state index is 13.4. The molecule has 0 aliphatic carbocycles. The highest BCUT2D eigenvalue weighted by Gasteiger charge is 2.21. The summed E-state index contributed by atoms with van der Waals surface area (Å²) < 4.78 is 13.4. The molecule has 1 aromatic rings. The first-order valence-electron chi connectivity index (χ1n) is 4.95. The van der Waals surface area contributed by atoms with Crippen molar-refractivity contribution < 1.29 is 9.50 Å². The summed E-state index contributed by atoms with van der Waals surface area (Å²) in [7, 11) is 0. The minimum atomic E-state index is -0.765. The van der Waals surface area contributed by atoms with Crippen molar-refractivity contribution in [2.24, 2.45) is 5.73 Å². The fourth-order valence-electron chi connectivity index (χ4n) is 1.50. The predicted octanol–water partition coefficient (Wildman–Crippen LogP) is 3.06. The molecule has 0 bridgehead atoms. The Morgan fingerprint density at radius 3 is 2.62 bits per heavy atom. The van der Waals surface area contributed by atoms with Crippen LogP contribution in [0.1, 0.15) is 31.4 Å². The van der Waals surface area contributed by atoms with E-state index in [0.29, 0.717) is 6.42 Å². The Morgan fingerprint density at radius 1 is 1.50 bits per heavy atom. The van der Waals surface area contributed by atoms with Crippen LogP contribution in [0.3, 0.4) is 0 Å². The summed E-state index contributed by atoms with van der Waals surface area (Å²) in [6, 6.07) is 3.61. The van der Waals surface area contributed by atoms with E-state index in [4.69, 9.17) is 17.3 Å². The van der Waals surface area contributed by atoms with Crippen LogP contribution in [0.5, 0.6) is 0 Å². The van der Waals surface area contributed by atoms with Crippen LogP contribution in [0.15, 0.2) is 18.2 Å². The first-order chi connectivity index (χ1) is 7.07. The zero-order valence-corrected chi connectivity index (χ0v) is 10.6. The molecule has 92 valence electrons. The molecule has 0 aromatic heterocycles. The maximum Gasteiger partial charge on any atom is 0.129 e. The molecule has 1 aromatic carbocycles. The average molecular weight is 268 g/mol. The quantitative estimate of drug-likeness (QED) is 0.881. The minimum absolute atomic E-state index is 0. The minimum Gasteiger partial charge on any atom is -0.391 e. The van der Waals surface area contributed by atoms with Gasteiger partial charge >= 0.3 is 0 Å². The summed E-state index contributed by atoms with van der Waals surface area (Å²) in [6.07, 6.45) is 0.566. The van der Waals surface area contributed by atoms with Crippen molar-refractivity contribution in [2.45, 2.75) is 31.9 Å².